The first-order valence-electron chi connectivity index (χ1n) is 15.7. The molecule has 0 bridgehead atoms. The van der Waals surface area contributed by atoms with E-state index < -0.39 is 0 Å². The fourth-order valence-corrected chi connectivity index (χ4v) is 6.02. The van der Waals surface area contributed by atoms with Crippen molar-refractivity contribution in [2.45, 2.75) is 79.1 Å². The molecule has 3 heteroatoms. The molecule has 0 saturated heterocycles. The molecular formula is C44H51ClSiZr-4. The van der Waals surface area contributed by atoms with Crippen molar-refractivity contribution in [3.63, 3.8) is 0 Å². The molecule has 0 amide bonds. The van der Waals surface area contributed by atoms with Gasteiger partial charge >= 0.3 is 30.2 Å². The molecule has 0 aliphatic heterocycles. The van der Waals surface area contributed by atoms with Crippen LogP contribution in [-0.2, 0) is 34.2 Å². The molecule has 0 heterocycles. The van der Waals surface area contributed by atoms with Gasteiger partial charge in [-0.25, -0.2) is 0 Å². The normalized spacial score (nSPS) is 11.2. The molecule has 0 fully saturated rings. The first kappa shape index (κ1) is 40.7. The van der Waals surface area contributed by atoms with E-state index in [1.807, 2.05) is 6.07 Å². The predicted octanol–water partition coefficient (Wildman–Crippen LogP) is 13.6. The van der Waals surface area contributed by atoms with Gasteiger partial charge in [-0.3, -0.25) is 0 Å². The Balaban J connectivity index is 0.000000299. The van der Waals surface area contributed by atoms with Crippen LogP contribution >= 0.6 is 11.6 Å². The average Bonchev–Trinajstić information content (AvgIpc) is 3.62. The van der Waals surface area contributed by atoms with Crippen LogP contribution in [0.2, 0.25) is 5.02 Å². The first-order chi connectivity index (χ1) is 21.2. The molecule has 6 rings (SSSR count). The summed E-state index contributed by atoms with van der Waals surface area (Å²) in [6.07, 6.45) is 0. The fourth-order valence-electron chi connectivity index (χ4n) is 5.80. The first-order valence-corrected chi connectivity index (χ1v) is 20.3. The van der Waals surface area contributed by atoms with Crippen molar-refractivity contribution in [3.8, 4) is 22.3 Å². The number of fused-ring (bicyclic) bond motifs is 2. The molecule has 47 heavy (non-hydrogen) atoms. The Hall–Kier alpha value is -2.51. The zero-order chi connectivity index (χ0) is 33.1. The van der Waals surface area contributed by atoms with Gasteiger partial charge in [0.15, 0.2) is 0 Å². The summed E-state index contributed by atoms with van der Waals surface area (Å²) >= 11 is 7.67. The summed E-state index contributed by atoms with van der Waals surface area (Å²) in [6.45, 7) is 23.2. The molecule has 0 spiro atoms. The molecular weight excluding hydrogens is 683 g/mol. The molecule has 0 aliphatic carbocycles. The van der Waals surface area contributed by atoms with Crippen molar-refractivity contribution in [1.29, 1.82) is 0 Å². The van der Waals surface area contributed by atoms with Crippen molar-refractivity contribution in [2.24, 2.45) is 0 Å². The molecule has 0 nitrogen and oxygen atoms in total. The van der Waals surface area contributed by atoms with E-state index in [0.717, 1.165) is 10.4 Å². The van der Waals surface area contributed by atoms with Crippen molar-refractivity contribution in [3.05, 3.63) is 145 Å². The van der Waals surface area contributed by atoms with Crippen LogP contribution in [0.4, 0.5) is 0 Å². The third-order valence-corrected chi connectivity index (χ3v) is 8.87. The second-order valence-corrected chi connectivity index (χ2v) is 14.8. The van der Waals surface area contributed by atoms with E-state index in [4.69, 9.17) is 11.6 Å². The summed E-state index contributed by atoms with van der Waals surface area (Å²) in [5.74, 6) is 0.573. The third kappa shape index (κ3) is 9.56. The molecule has 2 radical (unpaired) electrons. The van der Waals surface area contributed by atoms with E-state index in [1.54, 1.807) is 0 Å². The number of hydrogen-bond acceptors (Lipinski definition) is 0. The monoisotopic (exact) mass is 732 g/mol. The van der Waals surface area contributed by atoms with Crippen molar-refractivity contribution in [2.75, 3.05) is 0 Å². The van der Waals surface area contributed by atoms with Crippen LogP contribution in [0.1, 0.15) is 83.6 Å². The number of halogens is 1. The SMILES string of the molecule is CC(C)c1cc2c(-c3ccc(C(C)(C)C)cc3)cccc2[cH-]1.Cc1cc2c(-c3ccc(C(C)(C)C)cc3)ccc(Cl)c2[cH-]1.[CH3-].[CH3-].[Si]=[Zr]. The fraction of sp³-hybridized carbons (Fsp3) is 0.273. The van der Waals surface area contributed by atoms with Gasteiger partial charge in [-0.1, -0.05) is 140 Å². The zero-order valence-corrected chi connectivity index (χ0v) is 34.5. The van der Waals surface area contributed by atoms with Crippen LogP contribution in [0.25, 0.3) is 43.8 Å². The second kappa shape index (κ2) is 16.7. The molecule has 6 aromatic carbocycles. The summed E-state index contributed by atoms with van der Waals surface area (Å²) in [4.78, 5) is 0. The van der Waals surface area contributed by atoms with Crippen molar-refractivity contribution >= 4 is 40.0 Å². The number of hydrogen-bond donors (Lipinski definition) is 0. The molecule has 0 atom stereocenters. The topological polar surface area (TPSA) is 0 Å². The van der Waals surface area contributed by atoms with E-state index in [9.17, 15) is 0 Å². The Morgan fingerprint density at radius 1 is 0.638 bits per heavy atom. The Labute approximate surface area is 307 Å². The standard InChI is InChI=1S/C22H25.C20H20Cl.2CH3.Si.Zr/c1-15(2)18-13-17-7-6-8-20(21(17)14-18)16-9-11-19(12-10-16)22(3,4)5;1-13-11-17-16(9-10-19(21)18(17)12-13)14-5-7-15(8-6-14)20(2,3)4;;;;/h6-15H,1-5H3;5-12H,1-4H3;2*1H3;;/q4*-1;;. The van der Waals surface area contributed by atoms with Gasteiger partial charge in [-0.2, -0.15) is 12.1 Å². The van der Waals surface area contributed by atoms with Crippen LogP contribution in [0, 0.1) is 21.8 Å². The molecule has 0 N–H and O–H groups in total. The summed E-state index contributed by atoms with van der Waals surface area (Å²) in [7, 11) is 0. The van der Waals surface area contributed by atoms with Gasteiger partial charge in [-0.05, 0) is 44.0 Å². The van der Waals surface area contributed by atoms with Gasteiger partial charge in [0.1, 0.15) is 0 Å². The summed E-state index contributed by atoms with van der Waals surface area (Å²) in [5, 5.41) is 5.93. The molecule has 0 aromatic heterocycles. The van der Waals surface area contributed by atoms with Crippen LogP contribution < -0.4 is 0 Å². The maximum atomic E-state index is 6.31. The minimum atomic E-state index is 0. The van der Waals surface area contributed by atoms with Crippen LogP contribution in [-0.4, -0.2) is 6.88 Å². The Morgan fingerprint density at radius 2 is 1.13 bits per heavy atom. The van der Waals surface area contributed by atoms with Crippen molar-refractivity contribution < 1.29 is 23.3 Å². The predicted molar refractivity (Wildman–Crippen MR) is 210 cm³/mol. The number of benzene rings is 4. The third-order valence-electron chi connectivity index (χ3n) is 8.54. The number of rotatable bonds is 3. The molecule has 0 unspecified atom stereocenters. The van der Waals surface area contributed by atoms with Gasteiger partial charge in [0, 0.05) is 0 Å². The quantitative estimate of drug-likeness (QED) is 0.125. The average molecular weight is 735 g/mol. The van der Waals surface area contributed by atoms with E-state index in [1.165, 1.54) is 84.0 Å². The van der Waals surface area contributed by atoms with Crippen molar-refractivity contribution in [1.82, 2.24) is 0 Å². The van der Waals surface area contributed by atoms with Crippen LogP contribution in [0.5, 0.6) is 0 Å². The Kier molecular flexibility index (Phi) is 14.5. The molecule has 0 saturated carbocycles. The number of aryl methyl sites for hydroxylation is 1. The molecule has 6 aromatic rings. The van der Waals surface area contributed by atoms with Crippen LogP contribution in [0.15, 0.2) is 103 Å². The summed E-state index contributed by atoms with van der Waals surface area (Å²) < 4.78 is 0. The minimum absolute atomic E-state index is 0. The van der Waals surface area contributed by atoms with Gasteiger partial charge in [0.2, 0.25) is 0 Å². The van der Waals surface area contributed by atoms with Gasteiger partial charge < -0.3 is 14.9 Å². The summed E-state index contributed by atoms with van der Waals surface area (Å²) in [6, 6.07) is 37.7. The van der Waals surface area contributed by atoms with Gasteiger partial charge in [0.25, 0.3) is 0 Å². The van der Waals surface area contributed by atoms with Crippen LogP contribution in [0.3, 0.4) is 0 Å². The Bertz CT molecular complexity index is 1870. The maximum absolute atomic E-state index is 6.31. The van der Waals surface area contributed by atoms with E-state index in [0.29, 0.717) is 5.92 Å². The van der Waals surface area contributed by atoms with Gasteiger partial charge in [-0.15, -0.1) is 68.5 Å². The van der Waals surface area contributed by atoms with Gasteiger partial charge in [0.05, 0.1) is 0 Å². The summed E-state index contributed by atoms with van der Waals surface area (Å²) in [5.41, 5.74) is 11.0. The van der Waals surface area contributed by atoms with E-state index >= 15 is 0 Å². The second-order valence-electron chi connectivity index (χ2n) is 14.4. The molecule has 246 valence electrons. The van der Waals surface area contributed by atoms with E-state index in [2.05, 4.69) is 166 Å². The van der Waals surface area contributed by atoms with E-state index in [-0.39, 0.29) is 25.7 Å². The Morgan fingerprint density at radius 3 is 1.60 bits per heavy atom. The molecule has 0 aliphatic rings. The zero-order valence-electron chi connectivity index (χ0n) is 30.3.